The first-order valence-corrected chi connectivity index (χ1v) is 4.76. The van der Waals surface area contributed by atoms with Crippen molar-refractivity contribution < 1.29 is 4.74 Å². The van der Waals surface area contributed by atoms with Crippen LogP contribution in [0.15, 0.2) is 23.1 Å². The van der Waals surface area contributed by atoms with Crippen LogP contribution in [0.4, 0.5) is 0 Å². The van der Waals surface area contributed by atoms with Crippen molar-refractivity contribution in [1.82, 2.24) is 0 Å². The van der Waals surface area contributed by atoms with Crippen LogP contribution in [0.25, 0.3) is 0 Å². The van der Waals surface area contributed by atoms with Gasteiger partial charge in [-0.2, -0.15) is 0 Å². The molecule has 1 nitrogen and oxygen atoms in total. The minimum atomic E-state index is 0.666. The molecular weight excluding hydrogens is 180 g/mol. The third-order valence-electron chi connectivity index (χ3n) is 1.35. The van der Waals surface area contributed by atoms with Crippen molar-refractivity contribution in [1.29, 1.82) is 0 Å². The summed E-state index contributed by atoms with van der Waals surface area (Å²) in [7, 11) is 1.63. The Kier molecular flexibility index (Phi) is 3.09. The van der Waals surface area contributed by atoms with Gasteiger partial charge in [-0.1, -0.05) is 17.7 Å². The molecule has 0 radical (unpaired) electrons. The van der Waals surface area contributed by atoms with Crippen molar-refractivity contribution in [3.8, 4) is 5.75 Å². The molecule has 0 fully saturated rings. The number of halogens is 1. The molecule has 0 atom stereocenters. The van der Waals surface area contributed by atoms with E-state index in [1.54, 1.807) is 18.9 Å². The van der Waals surface area contributed by atoms with E-state index >= 15 is 0 Å². The van der Waals surface area contributed by atoms with Gasteiger partial charge in [0.1, 0.15) is 0 Å². The molecule has 0 bridgehead atoms. The maximum atomic E-state index is 5.87. The molecule has 60 valence electrons. The fourth-order valence-electron chi connectivity index (χ4n) is 0.848. The standard InChI is InChI=1S/C8H9ClOS/c1-10-8-6(9)4-3-5-7(8)11-2/h3-5H,1-2H3. The van der Waals surface area contributed by atoms with Crippen LogP contribution < -0.4 is 4.74 Å². The van der Waals surface area contributed by atoms with E-state index in [4.69, 9.17) is 16.3 Å². The van der Waals surface area contributed by atoms with Crippen molar-refractivity contribution in [3.63, 3.8) is 0 Å². The first kappa shape index (κ1) is 8.75. The van der Waals surface area contributed by atoms with E-state index in [1.165, 1.54) is 0 Å². The van der Waals surface area contributed by atoms with Gasteiger partial charge in [0.2, 0.25) is 0 Å². The summed E-state index contributed by atoms with van der Waals surface area (Å²) in [6.45, 7) is 0. The first-order valence-electron chi connectivity index (χ1n) is 3.16. The molecule has 0 saturated carbocycles. The number of hydrogen-bond donors (Lipinski definition) is 0. The molecule has 1 rings (SSSR count). The Morgan fingerprint density at radius 3 is 2.64 bits per heavy atom. The van der Waals surface area contributed by atoms with Gasteiger partial charge in [0, 0.05) is 0 Å². The van der Waals surface area contributed by atoms with E-state index in [1.807, 2.05) is 24.5 Å². The zero-order chi connectivity index (χ0) is 8.27. The largest absolute Gasteiger partial charge is 0.494 e. The van der Waals surface area contributed by atoms with Gasteiger partial charge in [0.15, 0.2) is 5.75 Å². The molecule has 0 saturated heterocycles. The number of thioether (sulfide) groups is 1. The number of para-hydroxylation sites is 1. The zero-order valence-electron chi connectivity index (χ0n) is 6.43. The van der Waals surface area contributed by atoms with Crippen molar-refractivity contribution in [3.05, 3.63) is 23.2 Å². The Morgan fingerprint density at radius 1 is 1.45 bits per heavy atom. The molecule has 0 heterocycles. The molecule has 0 aliphatic rings. The highest BCUT2D eigenvalue weighted by atomic mass is 35.5. The molecule has 1 aromatic rings. The normalized spacial score (nSPS) is 9.73. The summed E-state index contributed by atoms with van der Waals surface area (Å²) in [4.78, 5) is 1.07. The van der Waals surface area contributed by atoms with E-state index in [2.05, 4.69) is 0 Å². The second-order valence-corrected chi connectivity index (χ2v) is 3.23. The van der Waals surface area contributed by atoms with Crippen molar-refractivity contribution >= 4 is 23.4 Å². The van der Waals surface area contributed by atoms with Crippen LogP contribution in [0.1, 0.15) is 0 Å². The van der Waals surface area contributed by atoms with E-state index in [0.717, 1.165) is 10.6 Å². The van der Waals surface area contributed by atoms with Gasteiger partial charge in [-0.3, -0.25) is 0 Å². The summed E-state index contributed by atoms with van der Waals surface area (Å²) in [5.41, 5.74) is 0. The van der Waals surface area contributed by atoms with Gasteiger partial charge in [-0.15, -0.1) is 11.8 Å². The summed E-state index contributed by atoms with van der Waals surface area (Å²) in [6, 6.07) is 5.71. The Morgan fingerprint density at radius 2 is 2.18 bits per heavy atom. The smallest absolute Gasteiger partial charge is 0.150 e. The number of hydrogen-bond acceptors (Lipinski definition) is 2. The fraction of sp³-hybridized carbons (Fsp3) is 0.250. The lowest BCUT2D eigenvalue weighted by molar-refractivity contribution is 0.405. The highest BCUT2D eigenvalue weighted by molar-refractivity contribution is 7.98. The van der Waals surface area contributed by atoms with Crippen LogP contribution in [-0.4, -0.2) is 13.4 Å². The zero-order valence-corrected chi connectivity index (χ0v) is 8.00. The lowest BCUT2D eigenvalue weighted by atomic mass is 10.3. The molecule has 0 N–H and O–H groups in total. The lowest BCUT2D eigenvalue weighted by Crippen LogP contribution is -1.86. The van der Waals surface area contributed by atoms with Gasteiger partial charge >= 0.3 is 0 Å². The Balaban J connectivity index is 3.13. The molecule has 0 aromatic heterocycles. The third kappa shape index (κ3) is 1.82. The number of ether oxygens (including phenoxy) is 1. The maximum absolute atomic E-state index is 5.87. The van der Waals surface area contributed by atoms with Crippen molar-refractivity contribution in [2.75, 3.05) is 13.4 Å². The predicted molar refractivity (Wildman–Crippen MR) is 49.8 cm³/mol. The van der Waals surface area contributed by atoms with Gasteiger partial charge in [-0.05, 0) is 18.4 Å². The number of methoxy groups -OCH3 is 1. The summed E-state index contributed by atoms with van der Waals surface area (Å²) in [5.74, 6) is 0.765. The van der Waals surface area contributed by atoms with E-state index in [0.29, 0.717) is 5.02 Å². The second kappa shape index (κ2) is 3.88. The fourth-order valence-corrected chi connectivity index (χ4v) is 1.75. The first-order chi connectivity index (χ1) is 5.29. The average Bonchev–Trinajstić information content (AvgIpc) is 2.04. The minimum absolute atomic E-state index is 0.666. The molecular formula is C8H9ClOS. The summed E-state index contributed by atoms with van der Waals surface area (Å²) < 4.78 is 5.11. The molecule has 0 amide bonds. The number of rotatable bonds is 2. The van der Waals surface area contributed by atoms with Crippen LogP contribution in [-0.2, 0) is 0 Å². The second-order valence-electron chi connectivity index (χ2n) is 1.98. The Labute approximate surface area is 75.7 Å². The SMILES string of the molecule is COc1c(Cl)cccc1SC. The summed E-state index contributed by atoms with van der Waals surface area (Å²) >= 11 is 7.49. The van der Waals surface area contributed by atoms with Gasteiger partial charge < -0.3 is 4.74 Å². The highest BCUT2D eigenvalue weighted by Crippen LogP contribution is 2.33. The van der Waals surface area contributed by atoms with Crippen LogP contribution in [0, 0.1) is 0 Å². The van der Waals surface area contributed by atoms with E-state index in [9.17, 15) is 0 Å². The molecule has 11 heavy (non-hydrogen) atoms. The van der Waals surface area contributed by atoms with E-state index in [-0.39, 0.29) is 0 Å². The predicted octanol–water partition coefficient (Wildman–Crippen LogP) is 3.07. The molecule has 0 spiro atoms. The van der Waals surface area contributed by atoms with Crippen LogP contribution in [0.3, 0.4) is 0 Å². The average molecular weight is 189 g/mol. The van der Waals surface area contributed by atoms with Crippen molar-refractivity contribution in [2.45, 2.75) is 4.90 Å². The minimum Gasteiger partial charge on any atom is -0.494 e. The monoisotopic (exact) mass is 188 g/mol. The molecule has 3 heteroatoms. The van der Waals surface area contributed by atoms with Gasteiger partial charge in [0.25, 0.3) is 0 Å². The summed E-state index contributed by atoms with van der Waals surface area (Å²) in [5, 5.41) is 0.666. The number of benzene rings is 1. The van der Waals surface area contributed by atoms with Crippen LogP contribution in [0.2, 0.25) is 5.02 Å². The van der Waals surface area contributed by atoms with E-state index < -0.39 is 0 Å². The Hall–Kier alpha value is -0.340. The molecule has 1 aromatic carbocycles. The van der Waals surface area contributed by atoms with Crippen LogP contribution >= 0.6 is 23.4 Å². The lowest BCUT2D eigenvalue weighted by Gasteiger charge is -2.06. The van der Waals surface area contributed by atoms with Crippen molar-refractivity contribution in [2.24, 2.45) is 0 Å². The third-order valence-corrected chi connectivity index (χ3v) is 2.41. The molecule has 0 unspecified atom stereocenters. The maximum Gasteiger partial charge on any atom is 0.150 e. The summed E-state index contributed by atoms with van der Waals surface area (Å²) in [6.07, 6.45) is 1.99. The topological polar surface area (TPSA) is 9.23 Å². The highest BCUT2D eigenvalue weighted by Gasteiger charge is 2.04. The van der Waals surface area contributed by atoms with Gasteiger partial charge in [0.05, 0.1) is 17.0 Å². The Bertz CT molecular complexity index is 250. The molecule has 0 aliphatic heterocycles. The van der Waals surface area contributed by atoms with Gasteiger partial charge in [-0.25, -0.2) is 0 Å². The molecule has 0 aliphatic carbocycles. The van der Waals surface area contributed by atoms with Crippen LogP contribution in [0.5, 0.6) is 5.75 Å². The quantitative estimate of drug-likeness (QED) is 0.660.